The van der Waals surface area contributed by atoms with Crippen molar-refractivity contribution >= 4 is 0 Å². The van der Waals surface area contributed by atoms with Gasteiger partial charge in [-0.2, -0.15) is 13.2 Å². The first-order chi connectivity index (χ1) is 8.89. The average molecular weight is 271 g/mol. The highest BCUT2D eigenvalue weighted by Gasteiger charge is 2.35. The molecule has 0 N–H and O–H groups in total. The number of hydrogen-bond acceptors (Lipinski definition) is 1. The van der Waals surface area contributed by atoms with E-state index in [0.29, 0.717) is 11.6 Å². The van der Waals surface area contributed by atoms with Crippen molar-refractivity contribution in [3.63, 3.8) is 0 Å². The minimum atomic E-state index is -4.24. The summed E-state index contributed by atoms with van der Waals surface area (Å²) in [7, 11) is 0. The van der Waals surface area contributed by atoms with E-state index < -0.39 is 11.7 Å². The summed E-state index contributed by atoms with van der Waals surface area (Å²) in [6.07, 6.45) is -2.62. The van der Waals surface area contributed by atoms with Crippen LogP contribution < -0.4 is 0 Å². The van der Waals surface area contributed by atoms with E-state index in [1.165, 1.54) is 12.1 Å². The molecule has 0 atom stereocenters. The molecule has 1 saturated heterocycles. The topological polar surface area (TPSA) is 3.24 Å². The van der Waals surface area contributed by atoms with Crippen molar-refractivity contribution in [3.05, 3.63) is 35.4 Å². The Kier molecular flexibility index (Phi) is 4.19. The van der Waals surface area contributed by atoms with Gasteiger partial charge in [-0.15, -0.1) is 0 Å². The van der Waals surface area contributed by atoms with Gasteiger partial charge in [-0.05, 0) is 57.3 Å². The van der Waals surface area contributed by atoms with E-state index in [4.69, 9.17) is 0 Å². The van der Waals surface area contributed by atoms with Crippen molar-refractivity contribution < 1.29 is 13.2 Å². The fourth-order valence-corrected chi connectivity index (χ4v) is 2.84. The lowest BCUT2D eigenvalue weighted by atomic mass is 9.86. The summed E-state index contributed by atoms with van der Waals surface area (Å²) in [5.41, 5.74) is 0.0106. The first-order valence-electron chi connectivity index (χ1n) is 6.79. The second-order valence-corrected chi connectivity index (χ2v) is 5.49. The van der Waals surface area contributed by atoms with Gasteiger partial charge in [0.2, 0.25) is 0 Å². The van der Waals surface area contributed by atoms with E-state index in [1.807, 2.05) is 0 Å². The van der Waals surface area contributed by atoms with Crippen LogP contribution in [0, 0.1) is 0 Å². The Morgan fingerprint density at radius 2 is 1.68 bits per heavy atom. The Morgan fingerprint density at radius 1 is 1.11 bits per heavy atom. The van der Waals surface area contributed by atoms with Gasteiger partial charge in [-0.25, -0.2) is 0 Å². The molecule has 1 fully saturated rings. The van der Waals surface area contributed by atoms with E-state index in [0.717, 1.165) is 25.9 Å². The van der Waals surface area contributed by atoms with Gasteiger partial charge < -0.3 is 4.90 Å². The first-order valence-corrected chi connectivity index (χ1v) is 6.79. The Hall–Kier alpha value is -1.03. The van der Waals surface area contributed by atoms with Gasteiger partial charge in [0.15, 0.2) is 0 Å². The minimum Gasteiger partial charge on any atom is -0.301 e. The molecule has 0 bridgehead atoms. The third kappa shape index (κ3) is 3.30. The summed E-state index contributed by atoms with van der Waals surface area (Å²) in [5.74, 6) is 0.0350. The predicted molar refractivity (Wildman–Crippen MR) is 70.1 cm³/mol. The van der Waals surface area contributed by atoms with Gasteiger partial charge in [0.1, 0.15) is 0 Å². The van der Waals surface area contributed by atoms with Gasteiger partial charge in [0.25, 0.3) is 0 Å². The molecular weight excluding hydrogens is 251 g/mol. The molecule has 1 aliphatic rings. The molecule has 1 aromatic carbocycles. The van der Waals surface area contributed by atoms with Crippen molar-refractivity contribution in [1.82, 2.24) is 4.90 Å². The van der Waals surface area contributed by atoms with Crippen molar-refractivity contribution in [2.75, 3.05) is 13.1 Å². The molecule has 0 radical (unpaired) electrons. The maximum absolute atomic E-state index is 13.0. The first kappa shape index (κ1) is 14.4. The molecule has 1 aromatic rings. The van der Waals surface area contributed by atoms with Crippen molar-refractivity contribution in [1.29, 1.82) is 0 Å². The summed E-state index contributed by atoms with van der Waals surface area (Å²) < 4.78 is 39.0. The molecule has 0 aromatic heterocycles. The monoisotopic (exact) mass is 271 g/mol. The summed E-state index contributed by atoms with van der Waals surface area (Å²) in [4.78, 5) is 2.33. The third-order valence-corrected chi connectivity index (χ3v) is 3.97. The second kappa shape index (κ2) is 5.53. The standard InChI is InChI=1S/C15H20F3N/c1-11(2)19-9-7-12(8-10-19)13-5-3-4-6-14(13)15(16,17)18/h3-6,11-12H,7-10H2,1-2H3. The smallest absolute Gasteiger partial charge is 0.301 e. The normalized spacial score (nSPS) is 19.1. The zero-order valence-electron chi connectivity index (χ0n) is 11.4. The lowest BCUT2D eigenvalue weighted by Gasteiger charge is -2.35. The molecule has 0 spiro atoms. The summed E-state index contributed by atoms with van der Waals surface area (Å²) in [5, 5.41) is 0. The number of piperidine rings is 1. The number of alkyl halides is 3. The Balaban J connectivity index is 2.16. The van der Waals surface area contributed by atoms with E-state index in [-0.39, 0.29) is 5.92 Å². The van der Waals surface area contributed by atoms with E-state index in [9.17, 15) is 13.2 Å². The fraction of sp³-hybridized carbons (Fsp3) is 0.600. The zero-order chi connectivity index (χ0) is 14.0. The van der Waals surface area contributed by atoms with Gasteiger partial charge in [-0.1, -0.05) is 18.2 Å². The Morgan fingerprint density at radius 3 is 2.21 bits per heavy atom. The van der Waals surface area contributed by atoms with Crippen molar-refractivity contribution in [2.24, 2.45) is 0 Å². The lowest BCUT2D eigenvalue weighted by Crippen LogP contribution is -2.38. The van der Waals surface area contributed by atoms with Crippen LogP contribution in [-0.2, 0) is 6.18 Å². The molecule has 1 nitrogen and oxygen atoms in total. The highest BCUT2D eigenvalue weighted by atomic mass is 19.4. The van der Waals surface area contributed by atoms with Gasteiger partial charge in [0, 0.05) is 6.04 Å². The van der Waals surface area contributed by atoms with Crippen LogP contribution in [-0.4, -0.2) is 24.0 Å². The van der Waals surface area contributed by atoms with Crippen LogP contribution in [0.4, 0.5) is 13.2 Å². The molecule has 0 saturated carbocycles. The van der Waals surface area contributed by atoms with E-state index in [2.05, 4.69) is 18.7 Å². The minimum absolute atomic E-state index is 0.0350. The number of halogens is 3. The second-order valence-electron chi connectivity index (χ2n) is 5.49. The number of likely N-dealkylation sites (tertiary alicyclic amines) is 1. The molecule has 19 heavy (non-hydrogen) atoms. The van der Waals surface area contributed by atoms with Crippen LogP contribution >= 0.6 is 0 Å². The predicted octanol–water partition coefficient (Wildman–Crippen LogP) is 4.29. The summed E-state index contributed by atoms with van der Waals surface area (Å²) in [6, 6.07) is 6.48. The number of rotatable bonds is 2. The lowest BCUT2D eigenvalue weighted by molar-refractivity contribution is -0.138. The molecule has 1 aliphatic heterocycles. The zero-order valence-corrected chi connectivity index (χ0v) is 11.4. The van der Waals surface area contributed by atoms with E-state index >= 15 is 0 Å². The van der Waals surface area contributed by atoms with Crippen molar-refractivity contribution in [3.8, 4) is 0 Å². The molecular formula is C15H20F3N. The summed E-state index contributed by atoms with van der Waals surface area (Å²) >= 11 is 0. The quantitative estimate of drug-likeness (QED) is 0.775. The molecule has 2 rings (SSSR count). The highest BCUT2D eigenvalue weighted by molar-refractivity contribution is 5.33. The van der Waals surface area contributed by atoms with Crippen LogP contribution in [0.25, 0.3) is 0 Å². The van der Waals surface area contributed by atoms with Crippen LogP contribution in [0.5, 0.6) is 0 Å². The van der Waals surface area contributed by atoms with Gasteiger partial charge in [-0.3, -0.25) is 0 Å². The molecule has 0 aliphatic carbocycles. The number of hydrogen-bond donors (Lipinski definition) is 0. The summed E-state index contributed by atoms with van der Waals surface area (Å²) in [6.45, 7) is 6.02. The van der Waals surface area contributed by atoms with E-state index in [1.54, 1.807) is 12.1 Å². The molecule has 1 heterocycles. The third-order valence-electron chi connectivity index (χ3n) is 3.97. The maximum Gasteiger partial charge on any atom is 0.416 e. The average Bonchev–Trinajstić information content (AvgIpc) is 2.38. The SMILES string of the molecule is CC(C)N1CCC(c2ccccc2C(F)(F)F)CC1. The molecule has 0 amide bonds. The van der Waals surface area contributed by atoms with Crippen LogP contribution in [0.2, 0.25) is 0 Å². The van der Waals surface area contributed by atoms with Crippen LogP contribution in [0.3, 0.4) is 0 Å². The molecule has 0 unspecified atom stereocenters. The van der Waals surface area contributed by atoms with Gasteiger partial charge in [0.05, 0.1) is 5.56 Å². The largest absolute Gasteiger partial charge is 0.416 e. The highest BCUT2D eigenvalue weighted by Crippen LogP contribution is 2.38. The maximum atomic E-state index is 13.0. The fourth-order valence-electron chi connectivity index (χ4n) is 2.84. The van der Waals surface area contributed by atoms with Gasteiger partial charge >= 0.3 is 6.18 Å². The van der Waals surface area contributed by atoms with Crippen LogP contribution in [0.15, 0.2) is 24.3 Å². The number of benzene rings is 1. The Bertz CT molecular complexity index is 418. The van der Waals surface area contributed by atoms with Crippen LogP contribution in [0.1, 0.15) is 43.7 Å². The Labute approximate surface area is 112 Å². The molecule has 4 heteroatoms. The molecule has 106 valence electrons. The number of nitrogens with zero attached hydrogens (tertiary/aromatic N) is 1. The van der Waals surface area contributed by atoms with Crippen molar-refractivity contribution in [2.45, 2.75) is 44.8 Å².